The number of allylic oxidation sites excluding steroid dienone is 2. The molecule has 4 rings (SSSR count). The summed E-state index contributed by atoms with van der Waals surface area (Å²) in [6, 6.07) is 0. The first-order valence-corrected chi connectivity index (χ1v) is 10.6. The van der Waals surface area contributed by atoms with Gasteiger partial charge in [0.15, 0.2) is 0 Å². The number of Topliss-reactive ketones (excluding diaryl/α,β-unsaturated/α-hetero) is 1. The van der Waals surface area contributed by atoms with E-state index in [0.29, 0.717) is 30.0 Å². The summed E-state index contributed by atoms with van der Waals surface area (Å²) in [6.07, 6.45) is 9.73. The molecular weight excluding hydrogens is 367 g/mol. The number of carbonyl (C=O) groups is 1. The van der Waals surface area contributed by atoms with E-state index >= 15 is 0 Å². The monoisotopic (exact) mass is 396 g/mol. The van der Waals surface area contributed by atoms with Gasteiger partial charge in [0.25, 0.3) is 0 Å². The lowest BCUT2D eigenvalue weighted by atomic mass is 9.47. The number of ketones is 1. The maximum Gasteiger partial charge on any atom is 0.147 e. The van der Waals surface area contributed by atoms with Crippen molar-refractivity contribution in [2.24, 2.45) is 28.6 Å². The number of carbonyl (C=O) groups excluding carboxylic acids is 1. The zero-order valence-electron chi connectivity index (χ0n) is 15.2. The van der Waals surface area contributed by atoms with Gasteiger partial charge in [-0.15, -0.1) is 0 Å². The molecule has 0 aliphatic heterocycles. The van der Waals surface area contributed by atoms with Crippen molar-refractivity contribution < 1.29 is 9.18 Å². The third kappa shape index (κ3) is 2.06. The van der Waals surface area contributed by atoms with Crippen LogP contribution >= 0.6 is 15.9 Å². The smallest absolute Gasteiger partial charge is 0.147 e. The van der Waals surface area contributed by atoms with Crippen LogP contribution in [0, 0.1) is 28.6 Å². The Labute approximate surface area is 154 Å². The molecule has 3 unspecified atom stereocenters. The average Bonchev–Trinajstić information content (AvgIpc) is 2.81. The van der Waals surface area contributed by atoms with Crippen LogP contribution in [0.2, 0.25) is 0 Å². The average molecular weight is 397 g/mol. The molecule has 0 spiro atoms. The lowest BCUT2D eigenvalue weighted by molar-refractivity contribution is -0.124. The molecule has 0 heterocycles. The minimum absolute atomic E-state index is 0.0823. The van der Waals surface area contributed by atoms with E-state index in [-0.39, 0.29) is 15.2 Å². The summed E-state index contributed by atoms with van der Waals surface area (Å²) in [5.41, 5.74) is 1.69. The van der Waals surface area contributed by atoms with Crippen molar-refractivity contribution in [2.45, 2.75) is 82.6 Å². The number of alkyl halides is 2. The Balaban J connectivity index is 1.69. The Hall–Kier alpha value is -0.180. The normalized spacial score (nSPS) is 53.6. The highest BCUT2D eigenvalue weighted by Crippen LogP contribution is 2.69. The molecule has 0 amide bonds. The van der Waals surface area contributed by atoms with Crippen molar-refractivity contribution >= 4 is 21.7 Å². The first-order valence-electron chi connectivity index (χ1n) is 9.76. The van der Waals surface area contributed by atoms with E-state index in [9.17, 15) is 9.18 Å². The fraction of sp³-hybridized carbons (Fsp3) is 0.857. The summed E-state index contributed by atoms with van der Waals surface area (Å²) in [6.45, 7) is 6.53. The van der Waals surface area contributed by atoms with Crippen LogP contribution in [0.5, 0.6) is 0 Å². The molecule has 0 radical (unpaired) electrons. The molecule has 4 aliphatic carbocycles. The Kier molecular flexibility index (Phi) is 3.89. The summed E-state index contributed by atoms with van der Waals surface area (Å²) in [4.78, 5) is 12.4. The molecule has 3 fully saturated rings. The van der Waals surface area contributed by atoms with Gasteiger partial charge in [-0.25, -0.2) is 4.39 Å². The van der Waals surface area contributed by atoms with Gasteiger partial charge in [0.1, 0.15) is 12.0 Å². The third-order valence-corrected chi connectivity index (χ3v) is 10.6. The van der Waals surface area contributed by atoms with E-state index in [1.54, 1.807) is 6.92 Å². The second-order valence-corrected chi connectivity index (χ2v) is 10.8. The quantitative estimate of drug-likeness (QED) is 0.391. The summed E-state index contributed by atoms with van der Waals surface area (Å²) in [7, 11) is 0. The fourth-order valence-electron chi connectivity index (χ4n) is 7.18. The summed E-state index contributed by atoms with van der Waals surface area (Å²) >= 11 is 3.90. The molecule has 1 nitrogen and oxygen atoms in total. The van der Waals surface area contributed by atoms with Crippen molar-refractivity contribution in [3.05, 3.63) is 11.6 Å². The molecule has 134 valence electrons. The molecule has 4 aliphatic rings. The number of hydrogen-bond acceptors (Lipinski definition) is 1. The van der Waals surface area contributed by atoms with Crippen molar-refractivity contribution in [2.75, 3.05) is 0 Å². The lowest BCUT2D eigenvalue weighted by Crippen LogP contribution is -2.54. The number of hydrogen-bond donors (Lipinski definition) is 0. The van der Waals surface area contributed by atoms with Crippen LogP contribution in [0.4, 0.5) is 4.39 Å². The molecule has 3 heteroatoms. The van der Waals surface area contributed by atoms with Crippen LogP contribution in [0.1, 0.15) is 72.1 Å². The van der Waals surface area contributed by atoms with Gasteiger partial charge in [0, 0.05) is 6.42 Å². The van der Waals surface area contributed by atoms with Crippen LogP contribution in [0.3, 0.4) is 0 Å². The van der Waals surface area contributed by atoms with Crippen molar-refractivity contribution in [3.8, 4) is 0 Å². The van der Waals surface area contributed by atoms with E-state index in [1.807, 2.05) is 0 Å². The van der Waals surface area contributed by atoms with Crippen LogP contribution < -0.4 is 0 Å². The van der Waals surface area contributed by atoms with Crippen LogP contribution in [0.25, 0.3) is 0 Å². The minimum Gasteiger partial charge on any atom is -0.298 e. The van der Waals surface area contributed by atoms with E-state index in [4.69, 9.17) is 0 Å². The first kappa shape index (κ1) is 17.2. The lowest BCUT2D eigenvalue weighted by Gasteiger charge is -2.58. The molecule has 0 bridgehead atoms. The number of fused-ring (bicyclic) bond motifs is 5. The van der Waals surface area contributed by atoms with Crippen molar-refractivity contribution in [1.29, 1.82) is 0 Å². The maximum absolute atomic E-state index is 13.9. The molecule has 0 aromatic carbocycles. The van der Waals surface area contributed by atoms with E-state index in [1.165, 1.54) is 12.0 Å². The molecule has 0 N–H and O–H groups in total. The Bertz CT molecular complexity index is 601. The summed E-state index contributed by atoms with van der Waals surface area (Å²) < 4.78 is 13.6. The van der Waals surface area contributed by atoms with Gasteiger partial charge in [0.05, 0.1) is 4.32 Å². The van der Waals surface area contributed by atoms with Gasteiger partial charge < -0.3 is 0 Å². The highest BCUT2D eigenvalue weighted by molar-refractivity contribution is 9.10. The topological polar surface area (TPSA) is 17.1 Å². The molecule has 0 aromatic heterocycles. The SMILES string of the molecule is CC(=O)[C@@]1(Br)CCC2C3CC=C4C[C@@H](F)CC[C@]4(C)C3CC[C@@]21C. The molecule has 7 atom stereocenters. The fourth-order valence-corrected chi connectivity index (χ4v) is 7.90. The minimum atomic E-state index is -0.630. The maximum atomic E-state index is 13.9. The van der Waals surface area contributed by atoms with E-state index in [0.717, 1.165) is 38.5 Å². The second-order valence-electron chi connectivity index (χ2n) is 9.45. The van der Waals surface area contributed by atoms with Gasteiger partial charge in [-0.1, -0.05) is 41.4 Å². The van der Waals surface area contributed by atoms with Crippen LogP contribution in [0.15, 0.2) is 11.6 Å². The van der Waals surface area contributed by atoms with E-state index in [2.05, 4.69) is 35.9 Å². The third-order valence-electron chi connectivity index (χ3n) is 8.70. The van der Waals surface area contributed by atoms with Gasteiger partial charge >= 0.3 is 0 Å². The highest BCUT2D eigenvalue weighted by Gasteiger charge is 2.64. The standard InChI is InChI=1S/C21H30BrFO/c1-13(24)21(22)11-8-18-16-5-4-14-12-15(23)6-9-19(14,2)17(16)7-10-20(18,21)3/h4,15-18H,5-12H2,1-3H3/t15-,16?,17?,18?,19-,20-,21-/m0/s1. The van der Waals surface area contributed by atoms with Gasteiger partial charge in [-0.05, 0) is 80.5 Å². The van der Waals surface area contributed by atoms with Crippen molar-refractivity contribution in [3.63, 3.8) is 0 Å². The molecule has 0 aromatic rings. The molecule has 0 saturated heterocycles. The van der Waals surface area contributed by atoms with Gasteiger partial charge in [-0.2, -0.15) is 0 Å². The highest BCUT2D eigenvalue weighted by atomic mass is 79.9. The first-order chi connectivity index (χ1) is 11.2. The predicted octanol–water partition coefficient (Wildman–Crippen LogP) is 6.01. The molecular formula is C21H30BrFO. The van der Waals surface area contributed by atoms with Gasteiger partial charge in [-0.3, -0.25) is 4.79 Å². The number of halogens is 2. The second kappa shape index (κ2) is 5.41. The Morgan fingerprint density at radius 3 is 2.58 bits per heavy atom. The van der Waals surface area contributed by atoms with Crippen molar-refractivity contribution in [1.82, 2.24) is 0 Å². The number of rotatable bonds is 1. The predicted molar refractivity (Wildman–Crippen MR) is 98.9 cm³/mol. The Morgan fingerprint density at radius 1 is 1.17 bits per heavy atom. The largest absolute Gasteiger partial charge is 0.298 e. The zero-order chi connectivity index (χ0) is 17.3. The van der Waals surface area contributed by atoms with Crippen LogP contribution in [-0.4, -0.2) is 16.3 Å². The summed E-state index contributed by atoms with van der Waals surface area (Å²) in [5.74, 6) is 2.29. The zero-order valence-corrected chi connectivity index (χ0v) is 16.8. The van der Waals surface area contributed by atoms with Gasteiger partial charge in [0.2, 0.25) is 0 Å². The molecule has 24 heavy (non-hydrogen) atoms. The van der Waals surface area contributed by atoms with E-state index < -0.39 is 6.17 Å². The van der Waals surface area contributed by atoms with Crippen LogP contribution in [-0.2, 0) is 4.79 Å². The Morgan fingerprint density at radius 2 is 1.88 bits per heavy atom. The summed E-state index contributed by atoms with van der Waals surface area (Å²) in [5, 5.41) is 0. The molecule has 3 saturated carbocycles.